The highest BCUT2D eigenvalue weighted by Gasteiger charge is 2.38. The molecule has 1 saturated carbocycles. The Morgan fingerprint density at radius 2 is 2.19 bits per heavy atom. The van der Waals surface area contributed by atoms with Gasteiger partial charge in [-0.3, -0.25) is 9.89 Å². The third kappa shape index (κ3) is 3.22. The van der Waals surface area contributed by atoms with Crippen molar-refractivity contribution in [3.05, 3.63) is 11.4 Å². The number of hydrogen-bond acceptors (Lipinski definition) is 5. The molecule has 0 atom stereocenters. The van der Waals surface area contributed by atoms with E-state index in [0.717, 1.165) is 19.3 Å². The normalized spacial score (nSPS) is 17.3. The van der Waals surface area contributed by atoms with Crippen molar-refractivity contribution in [2.24, 2.45) is 0 Å². The fourth-order valence-corrected chi connectivity index (χ4v) is 3.73. The summed E-state index contributed by atoms with van der Waals surface area (Å²) in [6, 6.07) is 0. The van der Waals surface area contributed by atoms with Crippen LogP contribution in [0.1, 0.15) is 42.4 Å². The number of nitrogens with zero attached hydrogens (tertiary/aromatic N) is 1. The van der Waals surface area contributed by atoms with Gasteiger partial charge in [-0.2, -0.15) is 5.10 Å². The van der Waals surface area contributed by atoms with E-state index < -0.39 is 15.0 Å². The van der Waals surface area contributed by atoms with Crippen LogP contribution >= 0.6 is 10.7 Å². The highest BCUT2D eigenvalue weighted by atomic mass is 35.7. The number of halogens is 1. The molecule has 1 aromatic rings. The topological polar surface area (TPSA) is 101 Å². The van der Waals surface area contributed by atoms with Gasteiger partial charge in [0, 0.05) is 24.3 Å². The van der Waals surface area contributed by atoms with Gasteiger partial charge in [-0.1, -0.05) is 6.92 Å². The van der Waals surface area contributed by atoms with Crippen molar-refractivity contribution in [2.45, 2.75) is 43.1 Å². The van der Waals surface area contributed by atoms with Crippen molar-refractivity contribution < 1.29 is 17.9 Å². The van der Waals surface area contributed by atoms with Gasteiger partial charge in [-0.15, -0.1) is 0 Å². The van der Waals surface area contributed by atoms with Crippen LogP contribution in [-0.4, -0.2) is 43.8 Å². The Balaban J connectivity index is 2.18. The minimum absolute atomic E-state index is 0.201. The highest BCUT2D eigenvalue weighted by molar-refractivity contribution is 8.13. The number of aryl methyl sites for hydroxylation is 1. The number of carbonyl (C=O) groups is 1. The molecule has 1 fully saturated rings. The first-order chi connectivity index (χ1) is 9.83. The number of methoxy groups -OCH3 is 1. The van der Waals surface area contributed by atoms with Gasteiger partial charge in [0.15, 0.2) is 5.69 Å². The molecule has 1 aliphatic carbocycles. The molecule has 0 unspecified atom stereocenters. The van der Waals surface area contributed by atoms with Crippen molar-refractivity contribution in [1.82, 2.24) is 15.5 Å². The molecule has 0 aromatic carbocycles. The number of ether oxygens (including phenoxy) is 1. The molecule has 1 aromatic heterocycles. The molecule has 1 aliphatic rings. The maximum Gasteiger partial charge on any atom is 0.273 e. The molecule has 0 radical (unpaired) electrons. The minimum Gasteiger partial charge on any atom is -0.376 e. The van der Waals surface area contributed by atoms with E-state index in [-0.39, 0.29) is 16.2 Å². The van der Waals surface area contributed by atoms with E-state index in [9.17, 15) is 13.2 Å². The number of hydrogen-bond donors (Lipinski definition) is 2. The Morgan fingerprint density at radius 1 is 1.52 bits per heavy atom. The van der Waals surface area contributed by atoms with Crippen LogP contribution in [0.4, 0.5) is 0 Å². The lowest BCUT2D eigenvalue weighted by atomic mass is 9.80. The van der Waals surface area contributed by atoms with Crippen LogP contribution in [0, 0.1) is 0 Å². The van der Waals surface area contributed by atoms with Crippen LogP contribution in [0.15, 0.2) is 4.90 Å². The maximum atomic E-state index is 12.2. The summed E-state index contributed by atoms with van der Waals surface area (Å²) >= 11 is 0. The van der Waals surface area contributed by atoms with E-state index in [2.05, 4.69) is 15.5 Å². The van der Waals surface area contributed by atoms with E-state index in [1.165, 1.54) is 0 Å². The summed E-state index contributed by atoms with van der Waals surface area (Å²) < 4.78 is 28.6. The van der Waals surface area contributed by atoms with E-state index in [1.807, 2.05) is 0 Å². The number of H-pyrrole nitrogens is 1. The van der Waals surface area contributed by atoms with Gasteiger partial charge in [-0.05, 0) is 25.7 Å². The average molecular weight is 336 g/mol. The zero-order chi connectivity index (χ0) is 15.7. The number of amides is 1. The lowest BCUT2D eigenvalue weighted by Crippen LogP contribution is -2.49. The Kier molecular flexibility index (Phi) is 4.60. The lowest BCUT2D eigenvalue weighted by Gasteiger charge is -2.40. The summed E-state index contributed by atoms with van der Waals surface area (Å²) in [6.45, 7) is 2.06. The van der Waals surface area contributed by atoms with Crippen LogP contribution in [-0.2, 0) is 20.2 Å². The second-order valence-corrected chi connectivity index (χ2v) is 7.60. The molecule has 7 nitrogen and oxygen atoms in total. The molecule has 9 heteroatoms. The summed E-state index contributed by atoms with van der Waals surface area (Å²) in [7, 11) is 2.95. The summed E-state index contributed by atoms with van der Waals surface area (Å²) in [5.41, 5.74) is -0.229. The quantitative estimate of drug-likeness (QED) is 0.761. The highest BCUT2D eigenvalue weighted by Crippen LogP contribution is 2.34. The van der Waals surface area contributed by atoms with E-state index >= 15 is 0 Å². The van der Waals surface area contributed by atoms with Crippen LogP contribution in [0.5, 0.6) is 0 Å². The van der Waals surface area contributed by atoms with Gasteiger partial charge >= 0.3 is 0 Å². The average Bonchev–Trinajstić information content (AvgIpc) is 2.81. The zero-order valence-electron chi connectivity index (χ0n) is 11.9. The van der Waals surface area contributed by atoms with Crippen LogP contribution in [0.3, 0.4) is 0 Å². The lowest BCUT2D eigenvalue weighted by molar-refractivity contribution is -0.0679. The zero-order valence-corrected chi connectivity index (χ0v) is 13.5. The summed E-state index contributed by atoms with van der Waals surface area (Å²) in [6.07, 6.45) is 3.16. The Labute approximate surface area is 127 Å². The molecule has 2 N–H and O–H groups in total. The predicted octanol–water partition coefficient (Wildman–Crippen LogP) is 1.20. The third-order valence-corrected chi connectivity index (χ3v) is 5.26. The predicted molar refractivity (Wildman–Crippen MR) is 76.9 cm³/mol. The SMILES string of the molecule is CCc1[nH]nc(C(=O)NCC2(OC)CCC2)c1S(=O)(=O)Cl. The van der Waals surface area contributed by atoms with Gasteiger partial charge < -0.3 is 10.1 Å². The summed E-state index contributed by atoms with van der Waals surface area (Å²) in [4.78, 5) is 11.9. The molecule has 21 heavy (non-hydrogen) atoms. The van der Waals surface area contributed by atoms with Crippen LogP contribution in [0.25, 0.3) is 0 Å². The van der Waals surface area contributed by atoms with Gasteiger partial charge in [-0.25, -0.2) is 8.42 Å². The molecule has 0 aliphatic heterocycles. The summed E-state index contributed by atoms with van der Waals surface area (Å²) in [5, 5.41) is 9.00. The standard InChI is InChI=1S/C12H18ClN3O4S/c1-3-8-10(21(13,18)19)9(16-15-8)11(17)14-7-12(20-2)5-4-6-12/h3-7H2,1-2H3,(H,14,17)(H,15,16). The van der Waals surface area contributed by atoms with Gasteiger partial charge in [0.25, 0.3) is 15.0 Å². The summed E-state index contributed by atoms with van der Waals surface area (Å²) in [5.74, 6) is -0.575. The monoisotopic (exact) mass is 335 g/mol. The third-order valence-electron chi connectivity index (χ3n) is 3.87. The van der Waals surface area contributed by atoms with Crippen molar-refractivity contribution in [3.8, 4) is 0 Å². The number of nitrogens with one attached hydrogen (secondary N) is 2. The van der Waals surface area contributed by atoms with Gasteiger partial charge in [0.2, 0.25) is 0 Å². The van der Waals surface area contributed by atoms with E-state index in [0.29, 0.717) is 18.7 Å². The number of aromatic nitrogens is 2. The smallest absolute Gasteiger partial charge is 0.273 e. The molecule has 1 amide bonds. The number of aromatic amines is 1. The van der Waals surface area contributed by atoms with Crippen molar-refractivity contribution in [2.75, 3.05) is 13.7 Å². The Hall–Kier alpha value is -1.12. The van der Waals surface area contributed by atoms with Crippen molar-refractivity contribution in [3.63, 3.8) is 0 Å². The van der Waals surface area contributed by atoms with Crippen LogP contribution in [0.2, 0.25) is 0 Å². The number of rotatable bonds is 6. The molecule has 2 rings (SSSR count). The molecule has 0 spiro atoms. The van der Waals surface area contributed by atoms with Crippen molar-refractivity contribution >= 4 is 25.6 Å². The second-order valence-electron chi connectivity index (χ2n) is 5.09. The fraction of sp³-hybridized carbons (Fsp3) is 0.667. The molecule has 0 bridgehead atoms. The van der Waals surface area contributed by atoms with Crippen molar-refractivity contribution in [1.29, 1.82) is 0 Å². The maximum absolute atomic E-state index is 12.2. The van der Waals surface area contributed by atoms with E-state index in [1.54, 1.807) is 14.0 Å². The molecule has 0 saturated heterocycles. The Bertz CT molecular complexity index is 631. The second kappa shape index (κ2) is 5.94. The Morgan fingerprint density at radius 3 is 2.62 bits per heavy atom. The minimum atomic E-state index is -4.04. The first kappa shape index (κ1) is 16.3. The first-order valence-electron chi connectivity index (χ1n) is 6.68. The van der Waals surface area contributed by atoms with Gasteiger partial charge in [0.1, 0.15) is 4.90 Å². The van der Waals surface area contributed by atoms with Crippen LogP contribution < -0.4 is 5.32 Å². The molecule has 1 heterocycles. The fourth-order valence-electron chi connectivity index (χ4n) is 2.37. The van der Waals surface area contributed by atoms with Gasteiger partial charge in [0.05, 0.1) is 11.3 Å². The molecular formula is C12H18ClN3O4S. The first-order valence-corrected chi connectivity index (χ1v) is 8.99. The number of carbonyl (C=O) groups excluding carboxylic acids is 1. The van der Waals surface area contributed by atoms with E-state index in [4.69, 9.17) is 15.4 Å². The largest absolute Gasteiger partial charge is 0.376 e. The molecular weight excluding hydrogens is 318 g/mol. The molecule has 118 valence electrons.